The maximum atomic E-state index is 10.5. The first kappa shape index (κ1) is 27.2. The van der Waals surface area contributed by atoms with E-state index in [9.17, 15) is 15.3 Å². The second-order valence-electron chi connectivity index (χ2n) is 10.4. The highest BCUT2D eigenvalue weighted by atomic mass is 16.5. The topological polar surface area (TPSA) is 113 Å². The van der Waals surface area contributed by atoms with Crippen molar-refractivity contribution >= 4 is 11.4 Å². The van der Waals surface area contributed by atoms with Crippen molar-refractivity contribution in [2.24, 2.45) is 9.98 Å². The Morgan fingerprint density at radius 3 is 1.67 bits per heavy atom. The Bertz CT molecular complexity index is 1710. The number of aliphatic imine (C=N–C) groups is 2. The van der Waals surface area contributed by atoms with E-state index >= 15 is 0 Å². The maximum absolute atomic E-state index is 10.5. The molecular formula is C34H32N2O6. The van der Waals surface area contributed by atoms with Gasteiger partial charge in [0, 0.05) is 48.5 Å². The van der Waals surface area contributed by atoms with Crippen LogP contribution < -0.4 is 14.2 Å². The smallest absolute Gasteiger partial charge is 0.169 e. The zero-order valence-electron chi connectivity index (χ0n) is 23.6. The molecule has 42 heavy (non-hydrogen) atoms. The number of nitrogens with zero attached hydrogens (tertiary/aromatic N) is 2. The first-order valence-corrected chi connectivity index (χ1v) is 13.9. The normalized spacial score (nSPS) is 13.9. The summed E-state index contributed by atoms with van der Waals surface area (Å²) in [4.78, 5) is 9.44. The van der Waals surface area contributed by atoms with E-state index in [4.69, 9.17) is 24.2 Å². The molecule has 214 valence electrons. The van der Waals surface area contributed by atoms with Crippen molar-refractivity contribution in [2.75, 3.05) is 27.3 Å². The van der Waals surface area contributed by atoms with E-state index in [1.165, 1.54) is 0 Å². The third-order valence-electron chi connectivity index (χ3n) is 7.72. The first-order chi connectivity index (χ1) is 20.4. The Hall–Kier alpha value is -4.98. The molecule has 0 fully saturated rings. The molecule has 0 saturated heterocycles. The summed E-state index contributed by atoms with van der Waals surface area (Å²) in [6.45, 7) is 1.36. The van der Waals surface area contributed by atoms with Crippen molar-refractivity contribution in [1.82, 2.24) is 0 Å². The van der Waals surface area contributed by atoms with Gasteiger partial charge in [0.25, 0.3) is 0 Å². The highest BCUT2D eigenvalue weighted by Gasteiger charge is 2.20. The molecule has 0 radical (unpaired) electrons. The molecule has 6 rings (SSSR count). The molecule has 8 heteroatoms. The third-order valence-corrected chi connectivity index (χ3v) is 7.72. The molecule has 0 amide bonds. The van der Waals surface area contributed by atoms with Crippen molar-refractivity contribution in [3.8, 4) is 40.2 Å². The second-order valence-corrected chi connectivity index (χ2v) is 10.4. The highest BCUT2D eigenvalue weighted by molar-refractivity contribution is 6.05. The highest BCUT2D eigenvalue weighted by Crippen LogP contribution is 2.35. The predicted octanol–water partition coefficient (Wildman–Crippen LogP) is 5.79. The van der Waals surface area contributed by atoms with Gasteiger partial charge < -0.3 is 29.5 Å². The Balaban J connectivity index is 1.16. The summed E-state index contributed by atoms with van der Waals surface area (Å²) in [5.41, 5.74) is 7.83. The van der Waals surface area contributed by atoms with E-state index in [0.717, 1.165) is 57.6 Å². The number of benzene rings is 4. The van der Waals surface area contributed by atoms with Gasteiger partial charge in [-0.1, -0.05) is 18.2 Å². The number of ether oxygens (including phenoxy) is 3. The van der Waals surface area contributed by atoms with Crippen LogP contribution in [0.4, 0.5) is 0 Å². The maximum Gasteiger partial charge on any atom is 0.169 e. The summed E-state index contributed by atoms with van der Waals surface area (Å²) in [6, 6.07) is 20.2. The molecule has 2 aliphatic rings. The summed E-state index contributed by atoms with van der Waals surface area (Å²) < 4.78 is 16.6. The lowest BCUT2D eigenvalue weighted by atomic mass is 9.93. The molecule has 0 aromatic heterocycles. The molecule has 2 heterocycles. The summed E-state index contributed by atoms with van der Waals surface area (Å²) >= 11 is 0. The van der Waals surface area contributed by atoms with Crippen molar-refractivity contribution in [2.45, 2.75) is 25.7 Å². The van der Waals surface area contributed by atoms with Crippen molar-refractivity contribution in [3.05, 3.63) is 100 Å². The van der Waals surface area contributed by atoms with Gasteiger partial charge in [0.05, 0.1) is 14.2 Å². The minimum atomic E-state index is 0.0413. The molecule has 8 nitrogen and oxygen atoms in total. The number of hydrogen-bond acceptors (Lipinski definition) is 8. The minimum absolute atomic E-state index is 0.0413. The van der Waals surface area contributed by atoms with E-state index in [1.54, 1.807) is 32.4 Å². The van der Waals surface area contributed by atoms with Gasteiger partial charge in [-0.3, -0.25) is 9.98 Å². The lowest BCUT2D eigenvalue weighted by Gasteiger charge is -2.19. The molecule has 3 N–H and O–H groups in total. The summed E-state index contributed by atoms with van der Waals surface area (Å²) in [7, 11) is 3.09. The van der Waals surface area contributed by atoms with Crippen LogP contribution in [0.15, 0.2) is 76.7 Å². The van der Waals surface area contributed by atoms with Crippen molar-refractivity contribution in [1.29, 1.82) is 0 Å². The van der Waals surface area contributed by atoms with Crippen LogP contribution in [0.2, 0.25) is 0 Å². The number of phenolic OH excluding ortho intramolecular Hbond substituents is 3. The monoisotopic (exact) mass is 564 g/mol. The van der Waals surface area contributed by atoms with E-state index in [-0.39, 0.29) is 17.2 Å². The Morgan fingerprint density at radius 1 is 0.595 bits per heavy atom. The largest absolute Gasteiger partial charge is 0.504 e. The predicted molar refractivity (Wildman–Crippen MR) is 162 cm³/mol. The Morgan fingerprint density at radius 2 is 1.12 bits per heavy atom. The third kappa shape index (κ3) is 5.48. The van der Waals surface area contributed by atoms with E-state index in [0.29, 0.717) is 48.9 Å². The molecule has 0 atom stereocenters. The molecular weight excluding hydrogens is 532 g/mol. The van der Waals surface area contributed by atoms with E-state index in [1.807, 2.05) is 48.5 Å². The SMILES string of the molecule is COc1cc2c(cc1O)C(Cc1ccc(Oc3cc(CC4=NCCc5cc(OC)c(O)cc54)ccc3O)cc1)=NCC2. The second kappa shape index (κ2) is 11.5. The molecule has 2 aliphatic heterocycles. The number of hydrogen-bond donors (Lipinski definition) is 3. The quantitative estimate of drug-likeness (QED) is 0.250. The van der Waals surface area contributed by atoms with Crippen LogP contribution in [0.3, 0.4) is 0 Å². The molecule has 0 spiro atoms. The Kier molecular flexibility index (Phi) is 7.44. The fourth-order valence-corrected chi connectivity index (χ4v) is 5.53. The summed E-state index contributed by atoms with van der Waals surface area (Å²) in [6.07, 6.45) is 2.73. The standard InChI is InChI=1S/C34H32N2O6/c1-40-32-16-22-9-11-35-27(25(22)18-30(32)38)13-20-3-6-24(7-4-20)42-34-15-21(5-8-29(34)37)14-28-26-19-31(39)33(41-2)17-23(26)10-12-36-28/h3-8,15-19,37-39H,9-14H2,1-2H3. The molecule has 4 aromatic rings. The van der Waals surface area contributed by atoms with Gasteiger partial charge in [-0.05, 0) is 83.6 Å². The van der Waals surface area contributed by atoms with Gasteiger partial charge in [-0.2, -0.15) is 0 Å². The van der Waals surface area contributed by atoms with Crippen LogP contribution >= 0.6 is 0 Å². The average molecular weight is 565 g/mol. The summed E-state index contributed by atoms with van der Waals surface area (Å²) in [5.74, 6) is 2.11. The van der Waals surface area contributed by atoms with Gasteiger partial charge in [0.15, 0.2) is 34.5 Å². The summed E-state index contributed by atoms with van der Waals surface area (Å²) in [5, 5.41) is 31.2. The van der Waals surface area contributed by atoms with Gasteiger partial charge in [-0.25, -0.2) is 0 Å². The number of fused-ring (bicyclic) bond motifs is 2. The fourth-order valence-electron chi connectivity index (χ4n) is 5.53. The van der Waals surface area contributed by atoms with Crippen LogP contribution in [0.5, 0.6) is 40.2 Å². The molecule has 0 bridgehead atoms. The van der Waals surface area contributed by atoms with Crippen LogP contribution in [-0.2, 0) is 25.7 Å². The minimum Gasteiger partial charge on any atom is -0.504 e. The van der Waals surface area contributed by atoms with Crippen LogP contribution in [-0.4, -0.2) is 54.1 Å². The van der Waals surface area contributed by atoms with Gasteiger partial charge in [0.2, 0.25) is 0 Å². The van der Waals surface area contributed by atoms with E-state index in [2.05, 4.69) is 0 Å². The van der Waals surface area contributed by atoms with Gasteiger partial charge in [0.1, 0.15) is 5.75 Å². The van der Waals surface area contributed by atoms with Crippen LogP contribution in [0.25, 0.3) is 0 Å². The first-order valence-electron chi connectivity index (χ1n) is 13.9. The molecule has 0 unspecified atom stereocenters. The van der Waals surface area contributed by atoms with Gasteiger partial charge in [-0.15, -0.1) is 0 Å². The van der Waals surface area contributed by atoms with Crippen molar-refractivity contribution < 1.29 is 29.5 Å². The zero-order chi connectivity index (χ0) is 29.2. The average Bonchev–Trinajstić information content (AvgIpc) is 3.00. The zero-order valence-corrected chi connectivity index (χ0v) is 23.6. The van der Waals surface area contributed by atoms with Gasteiger partial charge >= 0.3 is 0 Å². The number of phenols is 3. The lowest BCUT2D eigenvalue weighted by Crippen LogP contribution is -2.15. The number of rotatable bonds is 8. The van der Waals surface area contributed by atoms with E-state index < -0.39 is 0 Å². The van der Waals surface area contributed by atoms with Crippen molar-refractivity contribution in [3.63, 3.8) is 0 Å². The fraction of sp³-hybridized carbons (Fsp3) is 0.235. The molecule has 4 aromatic carbocycles. The Labute approximate surface area is 244 Å². The number of aromatic hydroxyl groups is 3. The number of methoxy groups -OCH3 is 2. The van der Waals surface area contributed by atoms with Crippen LogP contribution in [0.1, 0.15) is 33.4 Å². The lowest BCUT2D eigenvalue weighted by molar-refractivity contribution is 0.373. The van der Waals surface area contributed by atoms with Crippen LogP contribution in [0, 0.1) is 0 Å². The molecule has 0 saturated carbocycles. The molecule has 0 aliphatic carbocycles.